The molecule has 4 aromatic carbocycles. The van der Waals surface area contributed by atoms with Crippen molar-refractivity contribution >= 4 is 113 Å². The first-order valence-electron chi connectivity index (χ1n) is 19.3. The third-order valence-corrected chi connectivity index (χ3v) is 14.6. The molecule has 68 heavy (non-hydrogen) atoms. The van der Waals surface area contributed by atoms with Crippen LogP contribution in [0.4, 0.5) is 44.5 Å². The van der Waals surface area contributed by atoms with Crippen LogP contribution in [0.5, 0.6) is 0 Å². The number of nitriles is 1. The van der Waals surface area contributed by atoms with Gasteiger partial charge in [0.15, 0.2) is 16.6 Å². The van der Waals surface area contributed by atoms with Crippen LogP contribution in [0.3, 0.4) is 0 Å². The topological polar surface area (TPSA) is 341 Å². The second-order valence-electron chi connectivity index (χ2n) is 14.7. The third-order valence-electron chi connectivity index (χ3n) is 10.3. The summed E-state index contributed by atoms with van der Waals surface area (Å²) in [7, 11) is -18.9. The predicted molar refractivity (Wildman–Crippen MR) is 249 cm³/mol. The predicted octanol–water partition coefficient (Wildman–Crippen LogP) is 9.49. The summed E-state index contributed by atoms with van der Waals surface area (Å²) in [5.41, 5.74) is 1.31. The van der Waals surface area contributed by atoms with Crippen molar-refractivity contribution in [2.24, 2.45) is 32.3 Å². The van der Waals surface area contributed by atoms with E-state index >= 15 is 0 Å². The lowest BCUT2D eigenvalue weighted by molar-refractivity contribution is 0.481. The molecule has 2 atom stereocenters. The Labute approximate surface area is 391 Å². The highest BCUT2D eigenvalue weighted by molar-refractivity contribution is 7.86. The summed E-state index contributed by atoms with van der Waals surface area (Å²) in [6.45, 7) is 1.54. The van der Waals surface area contributed by atoms with E-state index in [0.29, 0.717) is 5.57 Å². The van der Waals surface area contributed by atoms with Crippen molar-refractivity contribution in [3.8, 4) is 6.07 Å². The first kappa shape index (κ1) is 47.3. The van der Waals surface area contributed by atoms with Gasteiger partial charge >= 0.3 is 0 Å². The van der Waals surface area contributed by atoms with Gasteiger partial charge in [0.25, 0.3) is 40.5 Å². The largest absolute Gasteiger partial charge is 0.339 e. The Balaban J connectivity index is 1.24. The molecule has 21 nitrogen and oxygen atoms in total. The number of hydrogen-bond donors (Lipinski definition) is 6. The highest BCUT2D eigenvalue weighted by atomic mass is 32.2. The molecule has 6 N–H and O–H groups in total. The zero-order valence-electron chi connectivity index (χ0n) is 34.4. The second-order valence-corrected chi connectivity index (χ2v) is 21.3. The molecule has 346 valence electrons. The van der Waals surface area contributed by atoms with Crippen molar-refractivity contribution in [2.75, 3.05) is 10.6 Å². The fourth-order valence-corrected chi connectivity index (χ4v) is 10.2. The molecule has 0 saturated heterocycles. The number of thiazole rings is 1. The number of anilines is 4. The van der Waals surface area contributed by atoms with Gasteiger partial charge in [-0.25, -0.2) is 9.97 Å². The molecule has 2 aromatic heterocycles. The van der Waals surface area contributed by atoms with Crippen LogP contribution in [-0.4, -0.2) is 61.9 Å². The van der Waals surface area contributed by atoms with Gasteiger partial charge in [0.1, 0.15) is 27.2 Å². The molecule has 6 aromatic rings. The third kappa shape index (κ3) is 10.2. The summed E-state index contributed by atoms with van der Waals surface area (Å²) in [6.07, 6.45) is 13.5. The van der Waals surface area contributed by atoms with Crippen LogP contribution in [-0.2, 0) is 40.5 Å². The van der Waals surface area contributed by atoms with E-state index in [1.54, 1.807) is 6.92 Å². The van der Waals surface area contributed by atoms with Crippen LogP contribution < -0.4 is 10.6 Å². The number of benzene rings is 4. The van der Waals surface area contributed by atoms with Gasteiger partial charge in [-0.2, -0.15) is 38.9 Å². The summed E-state index contributed by atoms with van der Waals surface area (Å²) >= 11 is 0.878. The molecule has 2 heterocycles. The second kappa shape index (κ2) is 18.1. The molecule has 0 radical (unpaired) electrons. The zero-order chi connectivity index (χ0) is 48.8. The molecule has 2 aliphatic rings. The van der Waals surface area contributed by atoms with Gasteiger partial charge in [0.2, 0.25) is 5.13 Å². The zero-order valence-corrected chi connectivity index (χ0v) is 38.5. The van der Waals surface area contributed by atoms with E-state index < -0.39 is 55.2 Å². The standard InChI is InChI=1S/C42H31N9O12S5/c1-23-34(22-43)39(44-27-11-15-30(16-12-27)65(52,53)54)47-40(45-28-13-17-31(18-14-28)66(55,56)57)37(23)49-51-42-46-38(26-10-9-24-5-2-3-6-25(24)19-26)41(64-42)50-48-29-20-33-32(36(21-29)68(61,62)63)7-4-8-35(33)67(58,59)60/h2-21,24-25H,1H3,(H2,44,45,47)(H,52,53,54)(H,55,56,57)(H,58,59,60)(H,61,62,63). The summed E-state index contributed by atoms with van der Waals surface area (Å²) in [5.74, 6) is -0.0851. The first-order chi connectivity index (χ1) is 32.1. The Morgan fingerprint density at radius 3 is 1.84 bits per heavy atom. The number of rotatable bonds is 13. The number of pyridine rings is 1. The molecule has 2 aliphatic carbocycles. The maximum Gasteiger partial charge on any atom is 0.295 e. The van der Waals surface area contributed by atoms with Gasteiger partial charge in [0, 0.05) is 39.5 Å². The number of allylic oxidation sites excluding steroid dienone is 8. The fraction of sp³-hybridized carbons (Fsp3) is 0.0714. The van der Waals surface area contributed by atoms with Crippen LogP contribution in [0.1, 0.15) is 16.8 Å². The van der Waals surface area contributed by atoms with Gasteiger partial charge in [-0.3, -0.25) is 18.2 Å². The molecule has 0 saturated carbocycles. The summed E-state index contributed by atoms with van der Waals surface area (Å²) in [4.78, 5) is 7.16. The van der Waals surface area contributed by atoms with Crippen LogP contribution in [0, 0.1) is 30.1 Å². The van der Waals surface area contributed by atoms with Crippen molar-refractivity contribution in [3.63, 3.8) is 0 Å². The smallest absolute Gasteiger partial charge is 0.295 e. The molecule has 0 bridgehead atoms. The molecule has 2 unspecified atom stereocenters. The molecular formula is C42H31N9O12S5. The minimum atomic E-state index is -4.97. The maximum atomic E-state index is 12.5. The molecule has 8 rings (SSSR count). The van der Waals surface area contributed by atoms with Crippen molar-refractivity contribution in [3.05, 3.63) is 138 Å². The number of fused-ring (bicyclic) bond motifs is 2. The van der Waals surface area contributed by atoms with Gasteiger partial charge < -0.3 is 10.6 Å². The Bertz CT molecular complexity index is 3770. The quantitative estimate of drug-likeness (QED) is 0.0463. The van der Waals surface area contributed by atoms with Gasteiger partial charge in [-0.05, 0) is 79.2 Å². The van der Waals surface area contributed by atoms with E-state index in [4.69, 9.17) is 4.98 Å². The van der Waals surface area contributed by atoms with Crippen molar-refractivity contribution < 1.29 is 51.9 Å². The van der Waals surface area contributed by atoms with Crippen molar-refractivity contribution in [1.82, 2.24) is 9.97 Å². The highest BCUT2D eigenvalue weighted by Gasteiger charge is 2.25. The average molecular weight is 1010 g/mol. The molecule has 26 heteroatoms. The van der Waals surface area contributed by atoms with Crippen LogP contribution >= 0.6 is 11.3 Å². The van der Waals surface area contributed by atoms with Crippen LogP contribution in [0.15, 0.2) is 161 Å². The molecule has 0 aliphatic heterocycles. The minimum absolute atomic E-state index is 0.00472. The Morgan fingerprint density at radius 1 is 0.647 bits per heavy atom. The highest BCUT2D eigenvalue weighted by Crippen LogP contribution is 2.44. The van der Waals surface area contributed by atoms with E-state index in [1.807, 2.05) is 42.5 Å². The monoisotopic (exact) mass is 1010 g/mol. The number of hydrogen-bond acceptors (Lipinski definition) is 18. The van der Waals surface area contributed by atoms with E-state index in [-0.39, 0.29) is 88.8 Å². The Hall–Kier alpha value is -7.19. The van der Waals surface area contributed by atoms with Gasteiger partial charge in [-0.15, -0.1) is 20.5 Å². The Morgan fingerprint density at radius 2 is 1.25 bits per heavy atom. The lowest BCUT2D eigenvalue weighted by Gasteiger charge is -2.22. The van der Waals surface area contributed by atoms with Gasteiger partial charge in [0.05, 0.1) is 21.0 Å². The molecular weight excluding hydrogens is 983 g/mol. The SMILES string of the molecule is Cc1c(C#N)c(Nc2ccc(S(=O)(=O)O)cc2)nc(Nc2ccc(S(=O)(=O)O)cc2)c1N=Nc1nc(C2=CC3C=CC=CC3C=C2)c(N=Nc2cc(S(=O)(=O)O)c3cccc(S(=O)(=O)O)c3c2)s1. The fourth-order valence-electron chi connectivity index (χ4n) is 7.06. The molecule has 0 spiro atoms. The van der Waals surface area contributed by atoms with Crippen molar-refractivity contribution in [1.29, 1.82) is 5.26 Å². The van der Waals surface area contributed by atoms with E-state index in [2.05, 4.69) is 42.1 Å². The Kier molecular flexibility index (Phi) is 12.6. The average Bonchev–Trinajstić information content (AvgIpc) is 3.69. The van der Waals surface area contributed by atoms with Crippen LogP contribution in [0.2, 0.25) is 0 Å². The number of azo groups is 2. The number of nitrogens with one attached hydrogen (secondary N) is 2. The van der Waals surface area contributed by atoms with Crippen molar-refractivity contribution in [2.45, 2.75) is 26.5 Å². The summed E-state index contributed by atoms with van der Waals surface area (Å²) in [5, 5.41) is 33.3. The summed E-state index contributed by atoms with van der Waals surface area (Å²) in [6, 6.07) is 17.5. The van der Waals surface area contributed by atoms with Gasteiger partial charge in [-0.1, -0.05) is 66.0 Å². The number of aromatic nitrogens is 2. The van der Waals surface area contributed by atoms with Crippen LogP contribution in [0.25, 0.3) is 16.3 Å². The lowest BCUT2D eigenvalue weighted by Crippen LogP contribution is -2.11. The summed E-state index contributed by atoms with van der Waals surface area (Å²) < 4.78 is 135. The lowest BCUT2D eigenvalue weighted by atomic mass is 9.82. The number of nitrogens with zero attached hydrogens (tertiary/aromatic N) is 7. The first-order valence-corrected chi connectivity index (χ1v) is 25.9. The van der Waals surface area contributed by atoms with E-state index in [9.17, 15) is 57.1 Å². The minimum Gasteiger partial charge on any atom is -0.339 e. The normalized spacial score (nSPS) is 16.3. The maximum absolute atomic E-state index is 12.5. The molecule has 0 amide bonds. The van der Waals surface area contributed by atoms with E-state index in [0.717, 1.165) is 47.7 Å². The molecule has 0 fully saturated rings. The van der Waals surface area contributed by atoms with E-state index in [1.165, 1.54) is 42.5 Å².